The first-order chi connectivity index (χ1) is 6.91. The van der Waals surface area contributed by atoms with E-state index in [2.05, 4.69) is 6.58 Å². The molecule has 90 valence electrons. The first kappa shape index (κ1) is 15.2. The van der Waals surface area contributed by atoms with Gasteiger partial charge in [-0.1, -0.05) is 17.2 Å². The van der Waals surface area contributed by atoms with E-state index < -0.39 is 11.9 Å². The monoisotopic (exact) mass is 265 g/mol. The molecule has 0 saturated carbocycles. The molecule has 0 fully saturated rings. The van der Waals surface area contributed by atoms with Gasteiger partial charge in [-0.15, -0.1) is 19.0 Å². The van der Waals surface area contributed by atoms with Crippen LogP contribution in [0, 0.1) is 5.82 Å². The average molecular weight is 266 g/mol. The lowest BCUT2D eigenvalue weighted by Crippen LogP contribution is -2.11. The average Bonchev–Trinajstić information content (AvgIpc) is 2.09. The fourth-order valence-electron chi connectivity index (χ4n) is 1.35. The van der Waals surface area contributed by atoms with Crippen molar-refractivity contribution in [2.45, 2.75) is 19.4 Å². The normalized spacial score (nSPS) is 11.8. The van der Waals surface area contributed by atoms with Gasteiger partial charge < -0.3 is 10.8 Å². The molecular weight excluding hydrogens is 252 g/mol. The molecule has 2 nitrogen and oxygen atoms in total. The molecule has 0 spiro atoms. The quantitative estimate of drug-likeness (QED) is 0.821. The van der Waals surface area contributed by atoms with E-state index in [0.29, 0.717) is 12.0 Å². The molecule has 0 bridgehead atoms. The summed E-state index contributed by atoms with van der Waals surface area (Å²) in [5.41, 5.74) is 6.96. The first-order valence-corrected chi connectivity index (χ1v) is 4.87. The molecule has 0 saturated heterocycles. The summed E-state index contributed by atoms with van der Waals surface area (Å²) in [6, 6.07) is 1.75. The molecule has 0 aliphatic rings. The van der Waals surface area contributed by atoms with Crippen molar-refractivity contribution in [1.82, 2.24) is 0 Å². The molecule has 0 aliphatic heterocycles. The zero-order valence-electron chi connectivity index (χ0n) is 8.84. The molecule has 5 heteroatoms. The van der Waals surface area contributed by atoms with E-state index >= 15 is 0 Å². The standard InChI is InChI=1S/C11H13ClFNO.ClH/c1-6(2)3-10(14)8-4-7(13)5-9(12)11(8)15;/h4-5,10,15H,1,3,14H2,2H3;1H/t10-;/m0./s1. The third-order valence-electron chi connectivity index (χ3n) is 2.03. The van der Waals surface area contributed by atoms with Crippen LogP contribution < -0.4 is 5.73 Å². The van der Waals surface area contributed by atoms with Gasteiger partial charge in [0.15, 0.2) is 0 Å². The van der Waals surface area contributed by atoms with Crippen LogP contribution in [0.2, 0.25) is 5.02 Å². The minimum Gasteiger partial charge on any atom is -0.506 e. The maximum Gasteiger partial charge on any atom is 0.139 e. The van der Waals surface area contributed by atoms with Gasteiger partial charge in [0.25, 0.3) is 0 Å². The summed E-state index contributed by atoms with van der Waals surface area (Å²) in [4.78, 5) is 0. The molecule has 1 aromatic rings. The number of hydrogen-bond acceptors (Lipinski definition) is 2. The third kappa shape index (κ3) is 3.67. The van der Waals surface area contributed by atoms with E-state index in [1.165, 1.54) is 6.07 Å². The number of nitrogens with two attached hydrogens (primary N) is 1. The summed E-state index contributed by atoms with van der Waals surface area (Å²) in [5.74, 6) is -0.670. The molecule has 1 aromatic carbocycles. The van der Waals surface area contributed by atoms with E-state index in [1.54, 1.807) is 0 Å². The highest BCUT2D eigenvalue weighted by Crippen LogP contribution is 2.33. The molecule has 0 heterocycles. The maximum atomic E-state index is 13.0. The van der Waals surface area contributed by atoms with Crippen molar-refractivity contribution in [2.24, 2.45) is 5.73 Å². The van der Waals surface area contributed by atoms with Crippen LogP contribution in [-0.4, -0.2) is 5.11 Å². The lowest BCUT2D eigenvalue weighted by atomic mass is 10.0. The summed E-state index contributed by atoms with van der Waals surface area (Å²) in [6.07, 6.45) is 0.480. The van der Waals surface area contributed by atoms with Gasteiger partial charge in [-0.05, 0) is 25.5 Å². The summed E-state index contributed by atoms with van der Waals surface area (Å²) < 4.78 is 13.0. The second kappa shape index (κ2) is 6.09. The molecular formula is C11H14Cl2FNO. The van der Waals surface area contributed by atoms with E-state index in [0.717, 1.165) is 11.6 Å². The fourth-order valence-corrected chi connectivity index (χ4v) is 1.57. The molecule has 0 radical (unpaired) electrons. The van der Waals surface area contributed by atoms with Crippen LogP contribution in [0.3, 0.4) is 0 Å². The molecule has 1 atom stereocenters. The zero-order chi connectivity index (χ0) is 11.6. The first-order valence-electron chi connectivity index (χ1n) is 4.49. The number of rotatable bonds is 3. The Morgan fingerprint density at radius 3 is 2.69 bits per heavy atom. The van der Waals surface area contributed by atoms with Gasteiger partial charge >= 0.3 is 0 Å². The van der Waals surface area contributed by atoms with Crippen molar-refractivity contribution in [3.05, 3.63) is 40.7 Å². The Balaban J connectivity index is 0.00000225. The Morgan fingerprint density at radius 2 is 2.19 bits per heavy atom. The van der Waals surface area contributed by atoms with Crippen LogP contribution in [0.1, 0.15) is 24.9 Å². The maximum absolute atomic E-state index is 13.0. The minimum atomic E-state index is -0.509. The Morgan fingerprint density at radius 1 is 1.62 bits per heavy atom. The fraction of sp³-hybridized carbons (Fsp3) is 0.273. The van der Waals surface area contributed by atoms with E-state index in [-0.39, 0.29) is 23.2 Å². The second-order valence-electron chi connectivity index (χ2n) is 3.59. The summed E-state index contributed by atoms with van der Waals surface area (Å²) in [5, 5.41) is 9.57. The molecule has 0 amide bonds. The van der Waals surface area contributed by atoms with Gasteiger partial charge in [-0.3, -0.25) is 0 Å². The summed E-state index contributed by atoms with van der Waals surface area (Å²) >= 11 is 5.63. The molecule has 1 rings (SSSR count). The second-order valence-corrected chi connectivity index (χ2v) is 4.00. The highest BCUT2D eigenvalue weighted by atomic mass is 35.5. The zero-order valence-corrected chi connectivity index (χ0v) is 10.4. The van der Waals surface area contributed by atoms with Crippen LogP contribution in [0.4, 0.5) is 4.39 Å². The van der Waals surface area contributed by atoms with Crippen LogP contribution in [0.5, 0.6) is 5.75 Å². The van der Waals surface area contributed by atoms with Crippen molar-refractivity contribution in [2.75, 3.05) is 0 Å². The number of halogens is 3. The predicted molar refractivity (Wildman–Crippen MR) is 66.7 cm³/mol. The smallest absolute Gasteiger partial charge is 0.139 e. The summed E-state index contributed by atoms with van der Waals surface area (Å²) in [7, 11) is 0. The van der Waals surface area contributed by atoms with Crippen molar-refractivity contribution in [3.63, 3.8) is 0 Å². The molecule has 0 unspecified atom stereocenters. The van der Waals surface area contributed by atoms with Crippen LogP contribution in [0.25, 0.3) is 0 Å². The summed E-state index contributed by atoms with van der Waals surface area (Å²) in [6.45, 7) is 5.52. The third-order valence-corrected chi connectivity index (χ3v) is 2.31. The van der Waals surface area contributed by atoms with Gasteiger partial charge in [0.05, 0.1) is 5.02 Å². The van der Waals surface area contributed by atoms with Crippen molar-refractivity contribution >= 4 is 24.0 Å². The topological polar surface area (TPSA) is 46.2 Å². The van der Waals surface area contributed by atoms with E-state index in [4.69, 9.17) is 17.3 Å². The highest BCUT2D eigenvalue weighted by Gasteiger charge is 2.15. The van der Waals surface area contributed by atoms with Crippen LogP contribution in [-0.2, 0) is 0 Å². The Labute approximate surface area is 105 Å². The van der Waals surface area contributed by atoms with E-state index in [1.807, 2.05) is 6.92 Å². The number of aromatic hydroxyl groups is 1. The number of benzene rings is 1. The van der Waals surface area contributed by atoms with Gasteiger partial charge in [0, 0.05) is 11.6 Å². The minimum absolute atomic E-state index is 0. The Kier molecular flexibility index (Phi) is 5.79. The lowest BCUT2D eigenvalue weighted by molar-refractivity contribution is 0.458. The van der Waals surface area contributed by atoms with E-state index in [9.17, 15) is 9.50 Å². The number of phenolic OH excluding ortho intramolecular Hbond substituents is 1. The van der Waals surface area contributed by atoms with Crippen molar-refractivity contribution in [1.29, 1.82) is 0 Å². The van der Waals surface area contributed by atoms with Gasteiger partial charge in [-0.25, -0.2) is 4.39 Å². The molecule has 0 aromatic heterocycles. The van der Waals surface area contributed by atoms with Gasteiger partial charge in [-0.2, -0.15) is 0 Å². The van der Waals surface area contributed by atoms with Gasteiger partial charge in [0.2, 0.25) is 0 Å². The highest BCUT2D eigenvalue weighted by molar-refractivity contribution is 6.32. The van der Waals surface area contributed by atoms with Crippen LogP contribution in [0.15, 0.2) is 24.3 Å². The van der Waals surface area contributed by atoms with Crippen LogP contribution >= 0.6 is 24.0 Å². The van der Waals surface area contributed by atoms with Crippen molar-refractivity contribution in [3.8, 4) is 5.75 Å². The predicted octanol–water partition coefficient (Wildman–Crippen LogP) is 3.57. The Hall–Kier alpha value is -0.770. The molecule has 3 N–H and O–H groups in total. The number of hydrogen-bond donors (Lipinski definition) is 2. The number of phenols is 1. The molecule has 0 aliphatic carbocycles. The lowest BCUT2D eigenvalue weighted by Gasteiger charge is -2.14. The van der Waals surface area contributed by atoms with Crippen molar-refractivity contribution < 1.29 is 9.50 Å². The van der Waals surface area contributed by atoms with Gasteiger partial charge in [0.1, 0.15) is 11.6 Å². The largest absolute Gasteiger partial charge is 0.506 e. The Bertz CT molecular complexity index is 396. The SMILES string of the molecule is C=C(C)C[C@H](N)c1cc(F)cc(Cl)c1O.Cl. The molecule has 16 heavy (non-hydrogen) atoms.